The van der Waals surface area contributed by atoms with Crippen molar-refractivity contribution in [2.45, 2.75) is 32.4 Å². The zero-order valence-corrected chi connectivity index (χ0v) is 11.5. The van der Waals surface area contributed by atoms with E-state index in [1.165, 1.54) is 0 Å². The van der Waals surface area contributed by atoms with Crippen molar-refractivity contribution >= 4 is 11.6 Å². The van der Waals surface area contributed by atoms with Crippen LogP contribution in [0.3, 0.4) is 0 Å². The second-order valence-corrected chi connectivity index (χ2v) is 5.30. The molecule has 1 saturated heterocycles. The van der Waals surface area contributed by atoms with Crippen molar-refractivity contribution in [1.29, 1.82) is 0 Å². The Hall–Kier alpha value is -0.640. The molecule has 1 aliphatic rings. The number of nitrogens with zero attached hydrogens (tertiary/aromatic N) is 1. The number of benzene rings is 1. The molecule has 0 spiro atoms. The minimum atomic E-state index is -0.325. The van der Waals surface area contributed by atoms with Gasteiger partial charge in [-0.25, -0.2) is 4.39 Å². The molecule has 1 aliphatic heterocycles. The Morgan fingerprint density at radius 1 is 1.50 bits per heavy atom. The van der Waals surface area contributed by atoms with Crippen LogP contribution < -0.4 is 5.32 Å². The van der Waals surface area contributed by atoms with Gasteiger partial charge in [0.2, 0.25) is 0 Å². The highest BCUT2D eigenvalue weighted by molar-refractivity contribution is 6.30. The molecule has 4 heteroatoms. The van der Waals surface area contributed by atoms with Gasteiger partial charge in [0.15, 0.2) is 0 Å². The van der Waals surface area contributed by atoms with E-state index in [0.717, 1.165) is 44.6 Å². The predicted octanol–water partition coefficient (Wildman–Crippen LogP) is 3.05. The monoisotopic (exact) mass is 270 g/mol. The Labute approximate surface area is 113 Å². The molecule has 2 nitrogen and oxygen atoms in total. The van der Waals surface area contributed by atoms with Gasteiger partial charge in [0.25, 0.3) is 0 Å². The highest BCUT2D eigenvalue weighted by Gasteiger charge is 2.16. The van der Waals surface area contributed by atoms with Crippen LogP contribution in [0.2, 0.25) is 5.02 Å². The Morgan fingerprint density at radius 3 is 3.06 bits per heavy atom. The van der Waals surface area contributed by atoms with Gasteiger partial charge < -0.3 is 5.32 Å². The smallest absolute Gasteiger partial charge is 0.142 e. The molecule has 0 saturated carbocycles. The Bertz CT molecular complexity index is 397. The normalized spacial score (nSPS) is 21.8. The first kappa shape index (κ1) is 13.8. The first-order chi connectivity index (χ1) is 8.69. The largest absolute Gasteiger partial charge is 0.313 e. The quantitative estimate of drug-likeness (QED) is 0.908. The van der Waals surface area contributed by atoms with Crippen LogP contribution >= 0.6 is 11.6 Å². The molecule has 100 valence electrons. The Balaban J connectivity index is 2.00. The van der Waals surface area contributed by atoms with Crippen LogP contribution in [-0.4, -0.2) is 30.6 Å². The molecule has 1 aromatic carbocycles. The minimum absolute atomic E-state index is 0.197. The Morgan fingerprint density at radius 2 is 2.33 bits per heavy atom. The first-order valence-electron chi connectivity index (χ1n) is 6.58. The highest BCUT2D eigenvalue weighted by atomic mass is 35.5. The fraction of sp³-hybridized carbons (Fsp3) is 0.571. The number of nitrogens with one attached hydrogen (secondary N) is 1. The van der Waals surface area contributed by atoms with Crippen LogP contribution in [0.15, 0.2) is 18.2 Å². The lowest BCUT2D eigenvalue weighted by atomic mass is 10.1. The Kier molecular flexibility index (Phi) is 4.98. The maximum atomic E-state index is 13.4. The van der Waals surface area contributed by atoms with Gasteiger partial charge in [-0.3, -0.25) is 4.90 Å². The summed E-state index contributed by atoms with van der Waals surface area (Å²) in [5, 5.41) is 3.73. The van der Waals surface area contributed by atoms with Crippen molar-refractivity contribution in [3.05, 3.63) is 34.6 Å². The van der Waals surface area contributed by atoms with E-state index in [0.29, 0.717) is 6.04 Å². The van der Waals surface area contributed by atoms with E-state index in [1.54, 1.807) is 12.1 Å². The van der Waals surface area contributed by atoms with E-state index in [4.69, 9.17) is 11.6 Å². The number of halogens is 2. The van der Waals surface area contributed by atoms with Gasteiger partial charge in [0.1, 0.15) is 5.82 Å². The average molecular weight is 271 g/mol. The van der Waals surface area contributed by atoms with Gasteiger partial charge in [-0.1, -0.05) is 24.6 Å². The van der Waals surface area contributed by atoms with Gasteiger partial charge in [0.05, 0.1) is 5.02 Å². The summed E-state index contributed by atoms with van der Waals surface area (Å²) in [7, 11) is 0. The van der Waals surface area contributed by atoms with E-state index < -0.39 is 0 Å². The summed E-state index contributed by atoms with van der Waals surface area (Å²) >= 11 is 5.70. The van der Waals surface area contributed by atoms with Crippen LogP contribution in [0.4, 0.5) is 4.39 Å². The van der Waals surface area contributed by atoms with Gasteiger partial charge in [-0.2, -0.15) is 0 Å². The standard InChI is InChI=1S/C14H20ClFN2/c1-2-12-10-18(7-3-6-17-12)9-11-4-5-13(15)14(16)8-11/h4-5,8,12,17H,2-3,6-7,9-10H2,1H3. The van der Waals surface area contributed by atoms with Gasteiger partial charge in [0, 0.05) is 19.1 Å². The fourth-order valence-electron chi connectivity index (χ4n) is 2.39. The SMILES string of the molecule is CCC1CN(Cc2ccc(Cl)c(F)c2)CCCN1. The van der Waals surface area contributed by atoms with Crippen LogP contribution in [0.1, 0.15) is 25.3 Å². The van der Waals surface area contributed by atoms with E-state index >= 15 is 0 Å². The lowest BCUT2D eigenvalue weighted by Crippen LogP contribution is -2.36. The predicted molar refractivity (Wildman–Crippen MR) is 73.4 cm³/mol. The first-order valence-corrected chi connectivity index (χ1v) is 6.96. The zero-order chi connectivity index (χ0) is 13.0. The van der Waals surface area contributed by atoms with Crippen LogP contribution in [0.5, 0.6) is 0 Å². The van der Waals surface area contributed by atoms with E-state index in [-0.39, 0.29) is 10.8 Å². The highest BCUT2D eigenvalue weighted by Crippen LogP contribution is 2.17. The van der Waals surface area contributed by atoms with E-state index in [9.17, 15) is 4.39 Å². The second kappa shape index (κ2) is 6.50. The van der Waals surface area contributed by atoms with Crippen molar-refractivity contribution in [2.24, 2.45) is 0 Å². The van der Waals surface area contributed by atoms with Crippen molar-refractivity contribution in [2.75, 3.05) is 19.6 Å². The summed E-state index contributed by atoms with van der Waals surface area (Å²) in [6.07, 6.45) is 2.28. The summed E-state index contributed by atoms with van der Waals surface area (Å²) in [4.78, 5) is 2.39. The summed E-state index contributed by atoms with van der Waals surface area (Å²) in [6.45, 7) is 6.16. The van der Waals surface area contributed by atoms with Gasteiger partial charge >= 0.3 is 0 Å². The molecule has 1 unspecified atom stereocenters. The summed E-state index contributed by atoms with van der Waals surface area (Å²) < 4.78 is 13.4. The maximum Gasteiger partial charge on any atom is 0.142 e. The molecule has 1 atom stereocenters. The minimum Gasteiger partial charge on any atom is -0.313 e. The molecular formula is C14H20ClFN2. The topological polar surface area (TPSA) is 15.3 Å². The van der Waals surface area contributed by atoms with Crippen molar-refractivity contribution in [3.8, 4) is 0 Å². The lowest BCUT2D eigenvalue weighted by Gasteiger charge is -2.23. The molecule has 2 rings (SSSR count). The van der Waals surface area contributed by atoms with E-state index in [1.807, 2.05) is 6.07 Å². The number of hydrogen-bond acceptors (Lipinski definition) is 2. The van der Waals surface area contributed by atoms with Gasteiger partial charge in [-0.05, 0) is 43.6 Å². The van der Waals surface area contributed by atoms with Crippen LogP contribution in [0, 0.1) is 5.82 Å². The molecule has 0 aromatic heterocycles. The number of hydrogen-bond donors (Lipinski definition) is 1. The van der Waals surface area contributed by atoms with Crippen molar-refractivity contribution in [3.63, 3.8) is 0 Å². The molecular weight excluding hydrogens is 251 g/mol. The molecule has 1 fully saturated rings. The molecule has 1 heterocycles. The molecule has 0 radical (unpaired) electrons. The third-order valence-corrected chi connectivity index (χ3v) is 3.75. The lowest BCUT2D eigenvalue weighted by molar-refractivity contribution is 0.257. The molecule has 18 heavy (non-hydrogen) atoms. The third kappa shape index (κ3) is 3.67. The summed E-state index contributed by atoms with van der Waals surface area (Å²) in [5.41, 5.74) is 0.994. The molecule has 1 aromatic rings. The maximum absolute atomic E-state index is 13.4. The van der Waals surface area contributed by atoms with Crippen molar-refractivity contribution in [1.82, 2.24) is 10.2 Å². The number of rotatable bonds is 3. The van der Waals surface area contributed by atoms with Crippen molar-refractivity contribution < 1.29 is 4.39 Å². The van der Waals surface area contributed by atoms with Crippen LogP contribution in [0.25, 0.3) is 0 Å². The molecule has 1 N–H and O–H groups in total. The molecule has 0 amide bonds. The third-order valence-electron chi connectivity index (χ3n) is 3.45. The second-order valence-electron chi connectivity index (χ2n) is 4.90. The fourth-order valence-corrected chi connectivity index (χ4v) is 2.51. The average Bonchev–Trinajstić information content (AvgIpc) is 2.59. The molecule has 0 bridgehead atoms. The summed E-state index contributed by atoms with van der Waals surface area (Å²) in [6, 6.07) is 5.64. The van der Waals surface area contributed by atoms with Gasteiger partial charge in [-0.15, -0.1) is 0 Å². The zero-order valence-electron chi connectivity index (χ0n) is 10.8. The van der Waals surface area contributed by atoms with E-state index in [2.05, 4.69) is 17.1 Å². The van der Waals surface area contributed by atoms with Crippen LogP contribution in [-0.2, 0) is 6.54 Å². The molecule has 0 aliphatic carbocycles. The summed E-state index contributed by atoms with van der Waals surface area (Å²) in [5.74, 6) is -0.325.